The number of halogens is 1. The highest BCUT2D eigenvalue weighted by atomic mass is 127. The molecule has 1 heterocycles. The van der Waals surface area contributed by atoms with E-state index >= 15 is 0 Å². The van der Waals surface area contributed by atoms with Gasteiger partial charge in [-0.3, -0.25) is 4.68 Å². The molecule has 90 valence electrons. The SMILES string of the molecule is CNC(Cc1ncnn1C)c1ccccc1I. The summed E-state index contributed by atoms with van der Waals surface area (Å²) in [5.41, 5.74) is 1.30. The molecule has 0 saturated carbocycles. The topological polar surface area (TPSA) is 42.7 Å². The van der Waals surface area contributed by atoms with Crippen LogP contribution in [0.25, 0.3) is 0 Å². The lowest BCUT2D eigenvalue weighted by molar-refractivity contribution is 0.551. The monoisotopic (exact) mass is 342 g/mol. The Morgan fingerprint density at radius 3 is 2.76 bits per heavy atom. The molecule has 0 amide bonds. The van der Waals surface area contributed by atoms with Gasteiger partial charge in [0.25, 0.3) is 0 Å². The molecular formula is C12H15IN4. The van der Waals surface area contributed by atoms with Crippen LogP contribution in [0.15, 0.2) is 30.6 Å². The van der Waals surface area contributed by atoms with E-state index in [1.54, 1.807) is 6.33 Å². The Labute approximate surface area is 115 Å². The maximum absolute atomic E-state index is 4.27. The second kappa shape index (κ2) is 5.59. The predicted octanol–water partition coefficient (Wildman–Crippen LogP) is 1.92. The third-order valence-electron chi connectivity index (χ3n) is 2.82. The molecule has 1 unspecified atom stereocenters. The van der Waals surface area contributed by atoms with Gasteiger partial charge in [-0.1, -0.05) is 18.2 Å². The molecule has 1 N–H and O–H groups in total. The maximum atomic E-state index is 4.27. The van der Waals surface area contributed by atoms with Crippen LogP contribution in [-0.2, 0) is 13.5 Å². The van der Waals surface area contributed by atoms with E-state index in [0.29, 0.717) is 0 Å². The van der Waals surface area contributed by atoms with Crippen LogP contribution in [0.3, 0.4) is 0 Å². The van der Waals surface area contributed by atoms with E-state index in [2.05, 4.69) is 62.3 Å². The molecule has 0 fully saturated rings. The Morgan fingerprint density at radius 2 is 2.18 bits per heavy atom. The van der Waals surface area contributed by atoms with E-state index < -0.39 is 0 Å². The van der Waals surface area contributed by atoms with Crippen LogP contribution >= 0.6 is 22.6 Å². The van der Waals surface area contributed by atoms with Crippen molar-refractivity contribution >= 4 is 22.6 Å². The summed E-state index contributed by atoms with van der Waals surface area (Å²) >= 11 is 2.37. The Bertz CT molecular complexity index is 495. The summed E-state index contributed by atoms with van der Waals surface area (Å²) in [5, 5.41) is 7.43. The summed E-state index contributed by atoms with van der Waals surface area (Å²) < 4.78 is 3.09. The zero-order chi connectivity index (χ0) is 12.3. The van der Waals surface area contributed by atoms with Gasteiger partial charge in [-0.25, -0.2) is 4.98 Å². The molecule has 0 bridgehead atoms. The number of aromatic nitrogens is 3. The highest BCUT2D eigenvalue weighted by molar-refractivity contribution is 14.1. The van der Waals surface area contributed by atoms with Crippen LogP contribution in [0.4, 0.5) is 0 Å². The van der Waals surface area contributed by atoms with Crippen LogP contribution in [-0.4, -0.2) is 21.8 Å². The number of aryl methyl sites for hydroxylation is 1. The molecule has 4 nitrogen and oxygen atoms in total. The second-order valence-corrected chi connectivity index (χ2v) is 5.03. The first-order valence-electron chi connectivity index (χ1n) is 5.47. The molecule has 0 aliphatic rings. The molecule has 0 radical (unpaired) electrons. The highest BCUT2D eigenvalue weighted by Gasteiger charge is 2.15. The lowest BCUT2D eigenvalue weighted by Gasteiger charge is -2.17. The first-order chi connectivity index (χ1) is 8.22. The first kappa shape index (κ1) is 12.5. The van der Waals surface area contributed by atoms with Crippen molar-refractivity contribution in [3.05, 3.63) is 45.6 Å². The summed E-state index contributed by atoms with van der Waals surface area (Å²) in [4.78, 5) is 4.27. The van der Waals surface area contributed by atoms with Crippen molar-refractivity contribution in [3.63, 3.8) is 0 Å². The van der Waals surface area contributed by atoms with Crippen LogP contribution in [0.1, 0.15) is 17.4 Å². The number of hydrogen-bond acceptors (Lipinski definition) is 3. The first-order valence-corrected chi connectivity index (χ1v) is 6.55. The van der Waals surface area contributed by atoms with E-state index in [9.17, 15) is 0 Å². The molecule has 0 spiro atoms. The largest absolute Gasteiger partial charge is 0.313 e. The van der Waals surface area contributed by atoms with Crippen LogP contribution in [0, 0.1) is 3.57 Å². The van der Waals surface area contributed by atoms with Gasteiger partial charge in [0.2, 0.25) is 0 Å². The summed E-state index contributed by atoms with van der Waals surface area (Å²) in [6, 6.07) is 8.67. The zero-order valence-corrected chi connectivity index (χ0v) is 12.0. The fourth-order valence-electron chi connectivity index (χ4n) is 1.81. The summed E-state index contributed by atoms with van der Waals surface area (Å²) in [6.45, 7) is 0. The normalized spacial score (nSPS) is 12.6. The van der Waals surface area contributed by atoms with Gasteiger partial charge in [0.1, 0.15) is 12.2 Å². The van der Waals surface area contributed by atoms with Crippen molar-refractivity contribution in [1.29, 1.82) is 0 Å². The molecule has 1 aromatic heterocycles. The lowest BCUT2D eigenvalue weighted by atomic mass is 10.0. The number of rotatable bonds is 4. The van der Waals surface area contributed by atoms with Gasteiger partial charge in [-0.15, -0.1) is 0 Å². The molecular weight excluding hydrogens is 327 g/mol. The third kappa shape index (κ3) is 2.84. The quantitative estimate of drug-likeness (QED) is 0.864. The van der Waals surface area contributed by atoms with E-state index in [4.69, 9.17) is 0 Å². The van der Waals surface area contributed by atoms with Crippen molar-refractivity contribution in [2.75, 3.05) is 7.05 Å². The Balaban J connectivity index is 2.23. The highest BCUT2D eigenvalue weighted by Crippen LogP contribution is 2.22. The zero-order valence-electron chi connectivity index (χ0n) is 9.89. The van der Waals surface area contributed by atoms with Gasteiger partial charge in [0.15, 0.2) is 0 Å². The standard InChI is InChI=1S/C12H15IN4/c1-14-11(7-12-15-8-16-17(12)2)9-5-3-4-6-10(9)13/h3-6,8,11,14H,7H2,1-2H3. The summed E-state index contributed by atoms with van der Waals surface area (Å²) in [7, 11) is 3.90. The Kier molecular flexibility index (Phi) is 4.11. The molecule has 5 heteroatoms. The fourth-order valence-corrected chi connectivity index (χ4v) is 2.58. The summed E-state index contributed by atoms with van der Waals surface area (Å²) in [5.74, 6) is 0.990. The number of nitrogens with zero attached hydrogens (tertiary/aromatic N) is 3. The molecule has 2 rings (SSSR count). The van der Waals surface area contributed by atoms with E-state index in [1.165, 1.54) is 9.13 Å². The van der Waals surface area contributed by atoms with Gasteiger partial charge in [-0.2, -0.15) is 5.10 Å². The van der Waals surface area contributed by atoms with E-state index in [0.717, 1.165) is 12.2 Å². The van der Waals surface area contributed by atoms with Gasteiger partial charge in [0, 0.05) is 23.1 Å². The third-order valence-corrected chi connectivity index (χ3v) is 3.80. The maximum Gasteiger partial charge on any atom is 0.138 e. The molecule has 2 aromatic rings. The molecule has 1 aromatic carbocycles. The van der Waals surface area contributed by atoms with Crippen molar-refractivity contribution in [3.8, 4) is 0 Å². The smallest absolute Gasteiger partial charge is 0.138 e. The van der Waals surface area contributed by atoms with E-state index in [1.807, 2.05) is 18.8 Å². The van der Waals surface area contributed by atoms with E-state index in [-0.39, 0.29) is 6.04 Å². The molecule has 17 heavy (non-hydrogen) atoms. The fraction of sp³-hybridized carbons (Fsp3) is 0.333. The average Bonchev–Trinajstić information content (AvgIpc) is 2.73. The van der Waals surface area contributed by atoms with Gasteiger partial charge < -0.3 is 5.32 Å². The van der Waals surface area contributed by atoms with Crippen molar-refractivity contribution in [2.45, 2.75) is 12.5 Å². The average molecular weight is 342 g/mol. The van der Waals surface area contributed by atoms with Crippen LogP contribution in [0.2, 0.25) is 0 Å². The molecule has 1 atom stereocenters. The number of hydrogen-bond donors (Lipinski definition) is 1. The molecule has 0 aliphatic heterocycles. The van der Waals surface area contributed by atoms with Gasteiger partial charge in [-0.05, 0) is 41.3 Å². The minimum atomic E-state index is 0.269. The van der Waals surface area contributed by atoms with Crippen LogP contribution in [0.5, 0.6) is 0 Å². The molecule has 0 saturated heterocycles. The molecule has 0 aliphatic carbocycles. The number of likely N-dealkylation sites (N-methyl/N-ethyl adjacent to an activating group) is 1. The van der Waals surface area contributed by atoms with Crippen molar-refractivity contribution in [1.82, 2.24) is 20.1 Å². The Morgan fingerprint density at radius 1 is 1.41 bits per heavy atom. The van der Waals surface area contributed by atoms with Crippen LogP contribution < -0.4 is 5.32 Å². The Hall–Kier alpha value is -0.950. The van der Waals surface area contributed by atoms with Gasteiger partial charge in [0.05, 0.1) is 0 Å². The van der Waals surface area contributed by atoms with Crippen molar-refractivity contribution in [2.24, 2.45) is 7.05 Å². The minimum absolute atomic E-state index is 0.269. The summed E-state index contributed by atoms with van der Waals surface area (Å²) in [6.07, 6.45) is 2.44. The lowest BCUT2D eigenvalue weighted by Crippen LogP contribution is -2.21. The number of nitrogens with one attached hydrogen (secondary N) is 1. The minimum Gasteiger partial charge on any atom is -0.313 e. The number of benzene rings is 1. The second-order valence-electron chi connectivity index (χ2n) is 3.87. The van der Waals surface area contributed by atoms with Gasteiger partial charge >= 0.3 is 0 Å². The predicted molar refractivity (Wildman–Crippen MR) is 75.7 cm³/mol. The van der Waals surface area contributed by atoms with Crippen molar-refractivity contribution < 1.29 is 0 Å².